The number of pyridine rings is 1. The first-order valence-electron chi connectivity index (χ1n) is 6.13. The maximum Gasteiger partial charge on any atom is 0.0874 e. The predicted molar refractivity (Wildman–Crippen MR) is 74.7 cm³/mol. The zero-order chi connectivity index (χ0) is 13.1. The molecule has 2 heterocycles. The fourth-order valence-corrected chi connectivity index (χ4v) is 2.03. The van der Waals surface area contributed by atoms with Crippen molar-refractivity contribution < 1.29 is 0 Å². The van der Waals surface area contributed by atoms with Gasteiger partial charge in [0, 0.05) is 24.5 Å². The van der Waals surface area contributed by atoms with Gasteiger partial charge in [-0.2, -0.15) is 5.10 Å². The maximum atomic E-state index is 5.70. The molecule has 0 aliphatic rings. The molecular weight excluding hydrogens is 236 g/mol. The number of hydrogen-bond donors (Lipinski definition) is 1. The molecule has 0 fully saturated rings. The highest BCUT2D eigenvalue weighted by Crippen LogP contribution is 2.20. The number of benzene rings is 1. The van der Waals surface area contributed by atoms with Gasteiger partial charge in [-0.3, -0.25) is 4.98 Å². The Bertz CT molecular complexity index is 673. The highest BCUT2D eigenvalue weighted by molar-refractivity contribution is 5.62. The summed E-state index contributed by atoms with van der Waals surface area (Å²) in [5, 5.41) is 4.39. The molecule has 1 aromatic carbocycles. The third kappa shape index (κ3) is 2.26. The highest BCUT2D eigenvalue weighted by Gasteiger charge is 2.06. The van der Waals surface area contributed by atoms with Crippen LogP contribution in [0.3, 0.4) is 0 Å². The van der Waals surface area contributed by atoms with Gasteiger partial charge < -0.3 is 5.73 Å². The molecule has 94 valence electrons. The van der Waals surface area contributed by atoms with Crippen molar-refractivity contribution in [2.24, 2.45) is 5.73 Å². The van der Waals surface area contributed by atoms with E-state index in [4.69, 9.17) is 5.73 Å². The topological polar surface area (TPSA) is 56.7 Å². The molecule has 0 saturated heterocycles. The lowest BCUT2D eigenvalue weighted by atomic mass is 10.1. The van der Waals surface area contributed by atoms with Crippen molar-refractivity contribution in [2.45, 2.75) is 6.54 Å². The Morgan fingerprint density at radius 1 is 1.00 bits per heavy atom. The zero-order valence-corrected chi connectivity index (χ0v) is 10.4. The van der Waals surface area contributed by atoms with Crippen LogP contribution in [-0.4, -0.2) is 14.8 Å². The summed E-state index contributed by atoms with van der Waals surface area (Å²) in [5.41, 5.74) is 9.69. The summed E-state index contributed by atoms with van der Waals surface area (Å²) in [4.78, 5) is 4.27. The number of nitrogens with two attached hydrogens (primary N) is 1. The third-order valence-corrected chi connectivity index (χ3v) is 3.00. The van der Waals surface area contributed by atoms with Crippen molar-refractivity contribution in [3.05, 3.63) is 66.7 Å². The van der Waals surface area contributed by atoms with E-state index in [9.17, 15) is 0 Å². The summed E-state index contributed by atoms with van der Waals surface area (Å²) in [7, 11) is 0. The first kappa shape index (κ1) is 11.6. The average Bonchev–Trinajstić information content (AvgIpc) is 2.98. The van der Waals surface area contributed by atoms with E-state index in [1.54, 1.807) is 6.20 Å². The SMILES string of the molecule is NCc1ncccc1-n1cc(-c2ccccc2)cn1. The fourth-order valence-electron chi connectivity index (χ4n) is 2.03. The summed E-state index contributed by atoms with van der Waals surface area (Å²) >= 11 is 0. The lowest BCUT2D eigenvalue weighted by molar-refractivity contribution is 0.839. The minimum Gasteiger partial charge on any atom is -0.325 e. The third-order valence-electron chi connectivity index (χ3n) is 3.00. The quantitative estimate of drug-likeness (QED) is 0.776. The lowest BCUT2D eigenvalue weighted by Crippen LogP contribution is -2.06. The Balaban J connectivity index is 2.02. The molecule has 0 aliphatic heterocycles. The Kier molecular flexibility index (Phi) is 3.08. The molecular formula is C15H14N4. The molecule has 0 atom stereocenters. The summed E-state index contributed by atoms with van der Waals surface area (Å²) in [6, 6.07) is 14.0. The Hall–Kier alpha value is -2.46. The van der Waals surface area contributed by atoms with E-state index in [-0.39, 0.29) is 0 Å². The van der Waals surface area contributed by atoms with Crippen molar-refractivity contribution >= 4 is 0 Å². The molecule has 4 nitrogen and oxygen atoms in total. The summed E-state index contributed by atoms with van der Waals surface area (Å²) in [6.45, 7) is 0.400. The van der Waals surface area contributed by atoms with E-state index in [0.29, 0.717) is 6.54 Å². The van der Waals surface area contributed by atoms with Gasteiger partial charge >= 0.3 is 0 Å². The zero-order valence-electron chi connectivity index (χ0n) is 10.4. The predicted octanol–water partition coefficient (Wildman–Crippen LogP) is 2.39. The average molecular weight is 250 g/mol. The van der Waals surface area contributed by atoms with Crippen LogP contribution in [0.5, 0.6) is 0 Å². The second-order valence-electron chi connectivity index (χ2n) is 4.21. The molecule has 0 bridgehead atoms. The van der Waals surface area contributed by atoms with Crippen LogP contribution in [0, 0.1) is 0 Å². The summed E-state index contributed by atoms with van der Waals surface area (Å²) in [5.74, 6) is 0. The molecule has 0 saturated carbocycles. The van der Waals surface area contributed by atoms with Gasteiger partial charge in [-0.25, -0.2) is 4.68 Å². The van der Waals surface area contributed by atoms with Gasteiger partial charge in [-0.1, -0.05) is 30.3 Å². The summed E-state index contributed by atoms with van der Waals surface area (Å²) < 4.78 is 1.82. The minimum atomic E-state index is 0.400. The smallest absolute Gasteiger partial charge is 0.0874 e. The van der Waals surface area contributed by atoms with Crippen LogP contribution in [0.25, 0.3) is 16.8 Å². The Morgan fingerprint density at radius 2 is 1.84 bits per heavy atom. The number of hydrogen-bond acceptors (Lipinski definition) is 3. The standard InChI is InChI=1S/C15H14N4/c16-9-14-15(7-4-8-17-14)19-11-13(10-18-19)12-5-2-1-3-6-12/h1-8,10-11H,9,16H2. The van der Waals surface area contributed by atoms with Gasteiger partial charge in [0.15, 0.2) is 0 Å². The maximum absolute atomic E-state index is 5.70. The van der Waals surface area contributed by atoms with Gasteiger partial charge in [-0.15, -0.1) is 0 Å². The first-order valence-corrected chi connectivity index (χ1v) is 6.13. The van der Waals surface area contributed by atoms with Crippen LogP contribution in [0.15, 0.2) is 61.1 Å². The number of nitrogens with zero attached hydrogens (tertiary/aromatic N) is 3. The van der Waals surface area contributed by atoms with Crippen molar-refractivity contribution in [2.75, 3.05) is 0 Å². The van der Waals surface area contributed by atoms with Crippen LogP contribution in [0.4, 0.5) is 0 Å². The van der Waals surface area contributed by atoms with E-state index in [0.717, 1.165) is 22.5 Å². The number of aromatic nitrogens is 3. The molecule has 3 rings (SSSR count). The van der Waals surface area contributed by atoms with E-state index in [2.05, 4.69) is 22.2 Å². The van der Waals surface area contributed by atoms with Crippen molar-refractivity contribution in [3.8, 4) is 16.8 Å². The molecule has 3 aromatic rings. The van der Waals surface area contributed by atoms with Gasteiger partial charge in [0.1, 0.15) is 0 Å². The molecule has 2 aromatic heterocycles. The molecule has 4 heteroatoms. The van der Waals surface area contributed by atoms with Gasteiger partial charge in [-0.05, 0) is 17.7 Å². The van der Waals surface area contributed by atoms with Crippen molar-refractivity contribution in [3.63, 3.8) is 0 Å². The van der Waals surface area contributed by atoms with Crippen LogP contribution in [0.1, 0.15) is 5.69 Å². The fraction of sp³-hybridized carbons (Fsp3) is 0.0667. The molecule has 0 aliphatic carbocycles. The second kappa shape index (κ2) is 5.04. The molecule has 0 amide bonds. The largest absolute Gasteiger partial charge is 0.325 e. The van der Waals surface area contributed by atoms with E-state index in [1.165, 1.54) is 0 Å². The van der Waals surface area contributed by atoms with Crippen LogP contribution in [0.2, 0.25) is 0 Å². The van der Waals surface area contributed by atoms with E-state index >= 15 is 0 Å². The monoisotopic (exact) mass is 250 g/mol. The van der Waals surface area contributed by atoms with Crippen molar-refractivity contribution in [1.82, 2.24) is 14.8 Å². The van der Waals surface area contributed by atoms with Gasteiger partial charge in [0.2, 0.25) is 0 Å². The van der Waals surface area contributed by atoms with Gasteiger partial charge in [0.05, 0.1) is 17.6 Å². The van der Waals surface area contributed by atoms with E-state index in [1.807, 2.05) is 47.4 Å². The normalized spacial score (nSPS) is 10.6. The molecule has 2 N–H and O–H groups in total. The van der Waals surface area contributed by atoms with Gasteiger partial charge in [0.25, 0.3) is 0 Å². The van der Waals surface area contributed by atoms with Crippen LogP contribution >= 0.6 is 0 Å². The molecule has 0 radical (unpaired) electrons. The molecule has 19 heavy (non-hydrogen) atoms. The van der Waals surface area contributed by atoms with Crippen molar-refractivity contribution in [1.29, 1.82) is 0 Å². The second-order valence-corrected chi connectivity index (χ2v) is 4.21. The lowest BCUT2D eigenvalue weighted by Gasteiger charge is -2.05. The highest BCUT2D eigenvalue weighted by atomic mass is 15.3. The number of rotatable bonds is 3. The summed E-state index contributed by atoms with van der Waals surface area (Å²) in [6.07, 6.45) is 5.58. The van der Waals surface area contributed by atoms with Crippen LogP contribution in [-0.2, 0) is 6.54 Å². The Morgan fingerprint density at radius 3 is 2.63 bits per heavy atom. The molecule has 0 unspecified atom stereocenters. The Labute approximate surface area is 111 Å². The first-order chi connectivity index (χ1) is 9.38. The van der Waals surface area contributed by atoms with E-state index < -0.39 is 0 Å². The molecule has 0 spiro atoms. The minimum absolute atomic E-state index is 0.400. The van der Waals surface area contributed by atoms with Crippen LogP contribution < -0.4 is 5.73 Å².